The molecule has 0 bridgehead atoms. The number of phenols is 1. The van der Waals surface area contributed by atoms with E-state index in [1.165, 1.54) is 42.6 Å². The molecule has 22 heavy (non-hydrogen) atoms. The first-order chi connectivity index (χ1) is 10.5. The van der Waals surface area contributed by atoms with Gasteiger partial charge in [-0.2, -0.15) is 10.4 Å². The highest BCUT2D eigenvalue weighted by Crippen LogP contribution is 2.29. The number of hydrogen-bond acceptors (Lipinski definition) is 4. The maximum Gasteiger partial charge on any atom is 0.271 e. The van der Waals surface area contributed by atoms with Gasteiger partial charge < -0.3 is 5.11 Å². The SMILES string of the molecule is N#Cc1ccc(C(=O)N/N=C\c2cc(Cl)cc(Cl)c2O)cc1. The second kappa shape index (κ2) is 6.94. The van der Waals surface area contributed by atoms with Crippen LogP contribution < -0.4 is 5.43 Å². The molecule has 0 aromatic heterocycles. The van der Waals surface area contributed by atoms with Crippen LogP contribution in [0.1, 0.15) is 21.5 Å². The Balaban J connectivity index is 2.09. The van der Waals surface area contributed by atoms with Gasteiger partial charge in [0.1, 0.15) is 5.75 Å². The van der Waals surface area contributed by atoms with Crippen molar-refractivity contribution in [2.45, 2.75) is 0 Å². The minimum absolute atomic E-state index is 0.0902. The molecule has 0 radical (unpaired) electrons. The van der Waals surface area contributed by atoms with Crippen LogP contribution in [0.5, 0.6) is 5.75 Å². The molecule has 7 heteroatoms. The number of nitrogens with zero attached hydrogens (tertiary/aromatic N) is 2. The Labute approximate surface area is 136 Å². The summed E-state index contributed by atoms with van der Waals surface area (Å²) in [4.78, 5) is 11.8. The lowest BCUT2D eigenvalue weighted by Crippen LogP contribution is -2.17. The van der Waals surface area contributed by atoms with Crippen LogP contribution in [0.25, 0.3) is 0 Å². The summed E-state index contributed by atoms with van der Waals surface area (Å²) < 4.78 is 0. The number of hydrogen-bond donors (Lipinski definition) is 2. The van der Waals surface area contributed by atoms with E-state index in [0.717, 1.165) is 0 Å². The van der Waals surface area contributed by atoms with Gasteiger partial charge in [-0.25, -0.2) is 5.43 Å². The van der Waals surface area contributed by atoms with Crippen molar-refractivity contribution in [2.75, 3.05) is 0 Å². The smallest absolute Gasteiger partial charge is 0.271 e. The molecule has 110 valence electrons. The number of carbonyl (C=O) groups is 1. The van der Waals surface area contributed by atoms with Gasteiger partial charge in [0.05, 0.1) is 22.9 Å². The van der Waals surface area contributed by atoms with Gasteiger partial charge in [0.2, 0.25) is 0 Å². The fraction of sp³-hybridized carbons (Fsp3) is 0. The highest BCUT2D eigenvalue weighted by molar-refractivity contribution is 6.36. The zero-order valence-corrected chi connectivity index (χ0v) is 12.6. The average molecular weight is 334 g/mol. The van der Waals surface area contributed by atoms with Gasteiger partial charge in [0.25, 0.3) is 5.91 Å². The number of halogens is 2. The van der Waals surface area contributed by atoms with Gasteiger partial charge in [-0.05, 0) is 36.4 Å². The number of nitriles is 1. The second-order valence-corrected chi connectivity index (χ2v) is 5.06. The Bertz CT molecular complexity index is 781. The van der Waals surface area contributed by atoms with Gasteiger partial charge in [-0.3, -0.25) is 4.79 Å². The first-order valence-corrected chi connectivity index (χ1v) is 6.78. The van der Waals surface area contributed by atoms with Crippen molar-refractivity contribution in [3.8, 4) is 11.8 Å². The van der Waals surface area contributed by atoms with E-state index in [0.29, 0.717) is 16.1 Å². The molecule has 2 aromatic carbocycles. The summed E-state index contributed by atoms with van der Waals surface area (Å²) in [6.45, 7) is 0. The monoisotopic (exact) mass is 333 g/mol. The molecule has 0 atom stereocenters. The normalized spacial score (nSPS) is 10.4. The van der Waals surface area contributed by atoms with Crippen LogP contribution in [0.2, 0.25) is 10.0 Å². The zero-order valence-electron chi connectivity index (χ0n) is 11.0. The van der Waals surface area contributed by atoms with Gasteiger partial charge in [0.15, 0.2) is 0 Å². The van der Waals surface area contributed by atoms with Crippen LogP contribution in [-0.2, 0) is 0 Å². The summed E-state index contributed by atoms with van der Waals surface area (Å²) in [7, 11) is 0. The molecule has 0 aliphatic carbocycles. The first kappa shape index (κ1) is 15.8. The first-order valence-electron chi connectivity index (χ1n) is 6.03. The maximum absolute atomic E-state index is 11.8. The van der Waals surface area contributed by atoms with Crippen LogP contribution in [0.15, 0.2) is 41.5 Å². The highest BCUT2D eigenvalue weighted by atomic mass is 35.5. The Kier molecular flexibility index (Phi) is 4.99. The summed E-state index contributed by atoms with van der Waals surface area (Å²) in [5.41, 5.74) is 3.39. The maximum atomic E-state index is 11.8. The van der Waals surface area contributed by atoms with Crippen LogP contribution in [0, 0.1) is 11.3 Å². The molecule has 0 fully saturated rings. The van der Waals surface area contributed by atoms with Gasteiger partial charge >= 0.3 is 0 Å². The Morgan fingerprint density at radius 3 is 2.59 bits per heavy atom. The van der Waals surface area contributed by atoms with E-state index in [1.54, 1.807) is 0 Å². The molecule has 0 heterocycles. The predicted octanol–water partition coefficient (Wildman–Crippen LogP) is 3.33. The van der Waals surface area contributed by atoms with Gasteiger partial charge in [0, 0.05) is 16.1 Å². The second-order valence-electron chi connectivity index (χ2n) is 4.21. The van der Waals surface area contributed by atoms with Gasteiger partial charge in [-0.15, -0.1) is 0 Å². The van der Waals surface area contributed by atoms with Crippen molar-refractivity contribution >= 4 is 35.3 Å². The zero-order chi connectivity index (χ0) is 16.1. The minimum Gasteiger partial charge on any atom is -0.506 e. The molecule has 2 aromatic rings. The lowest BCUT2D eigenvalue weighted by Gasteiger charge is -2.03. The van der Waals surface area contributed by atoms with Crippen LogP contribution in [-0.4, -0.2) is 17.2 Å². The predicted molar refractivity (Wildman–Crippen MR) is 84.3 cm³/mol. The Morgan fingerprint density at radius 1 is 1.27 bits per heavy atom. The van der Waals surface area contributed by atoms with Crippen LogP contribution >= 0.6 is 23.2 Å². The number of benzene rings is 2. The largest absolute Gasteiger partial charge is 0.506 e. The quantitative estimate of drug-likeness (QED) is 0.667. The molecular formula is C15H9Cl2N3O2. The highest BCUT2D eigenvalue weighted by Gasteiger charge is 2.07. The summed E-state index contributed by atoms with van der Waals surface area (Å²) in [6.07, 6.45) is 1.23. The van der Waals surface area contributed by atoms with Crippen molar-refractivity contribution in [1.82, 2.24) is 5.43 Å². The molecule has 0 saturated heterocycles. The van der Waals surface area contributed by atoms with Crippen molar-refractivity contribution in [2.24, 2.45) is 5.10 Å². The fourth-order valence-electron chi connectivity index (χ4n) is 1.61. The third-order valence-corrected chi connectivity index (χ3v) is 3.21. The molecule has 1 amide bonds. The molecule has 2 rings (SSSR count). The van der Waals surface area contributed by atoms with Crippen LogP contribution in [0.4, 0.5) is 0 Å². The molecule has 5 nitrogen and oxygen atoms in total. The number of phenolic OH excluding ortho intramolecular Hbond substituents is 1. The van der Waals surface area contributed by atoms with Crippen molar-refractivity contribution in [3.05, 3.63) is 63.1 Å². The average Bonchev–Trinajstić information content (AvgIpc) is 2.51. The summed E-state index contributed by atoms with van der Waals surface area (Å²) in [5, 5.41) is 22.6. The number of rotatable bonds is 3. The third-order valence-electron chi connectivity index (χ3n) is 2.70. The topological polar surface area (TPSA) is 85.5 Å². The molecule has 0 saturated carbocycles. The van der Waals surface area contributed by atoms with E-state index < -0.39 is 5.91 Å². The minimum atomic E-state index is -0.451. The van der Waals surface area contributed by atoms with E-state index in [9.17, 15) is 9.90 Å². The molecule has 2 N–H and O–H groups in total. The Morgan fingerprint density at radius 2 is 1.95 bits per heavy atom. The number of amides is 1. The van der Waals surface area contributed by atoms with E-state index in [-0.39, 0.29) is 16.3 Å². The Hall–Kier alpha value is -2.55. The number of nitrogens with one attached hydrogen (secondary N) is 1. The summed E-state index contributed by atoms with van der Waals surface area (Å²) in [5.74, 6) is -0.629. The van der Waals surface area contributed by atoms with Gasteiger partial charge in [-0.1, -0.05) is 23.2 Å². The molecule has 0 spiro atoms. The lowest BCUT2D eigenvalue weighted by molar-refractivity contribution is 0.0955. The van der Waals surface area contributed by atoms with E-state index in [1.807, 2.05) is 6.07 Å². The van der Waals surface area contributed by atoms with E-state index >= 15 is 0 Å². The standard InChI is InChI=1S/C15H9Cl2N3O2/c16-12-5-11(14(21)13(17)6-12)8-19-20-15(22)10-3-1-9(7-18)2-4-10/h1-6,8,21H,(H,20,22)/b19-8-. The van der Waals surface area contributed by atoms with Crippen molar-refractivity contribution in [3.63, 3.8) is 0 Å². The molecule has 0 unspecified atom stereocenters. The number of carbonyl (C=O) groups excluding carboxylic acids is 1. The number of aromatic hydroxyl groups is 1. The molecule has 0 aliphatic heterocycles. The molecular weight excluding hydrogens is 325 g/mol. The number of hydrazone groups is 1. The van der Waals surface area contributed by atoms with Crippen molar-refractivity contribution < 1.29 is 9.90 Å². The van der Waals surface area contributed by atoms with E-state index in [2.05, 4.69) is 10.5 Å². The third kappa shape index (κ3) is 3.76. The van der Waals surface area contributed by atoms with Crippen molar-refractivity contribution in [1.29, 1.82) is 5.26 Å². The molecule has 0 aliphatic rings. The van der Waals surface area contributed by atoms with E-state index in [4.69, 9.17) is 28.5 Å². The fourth-order valence-corrected chi connectivity index (χ4v) is 2.11. The summed E-state index contributed by atoms with van der Waals surface area (Å²) in [6, 6.07) is 10.9. The van der Waals surface area contributed by atoms with Crippen LogP contribution in [0.3, 0.4) is 0 Å². The summed E-state index contributed by atoms with van der Waals surface area (Å²) >= 11 is 11.6. The lowest BCUT2D eigenvalue weighted by atomic mass is 10.1.